The number of likely N-dealkylation sites (tertiary alicyclic amines) is 1. The van der Waals surface area contributed by atoms with Crippen LogP contribution in [0.25, 0.3) is 12.2 Å². The summed E-state index contributed by atoms with van der Waals surface area (Å²) in [5, 5.41) is 8.61. The summed E-state index contributed by atoms with van der Waals surface area (Å²) in [6.07, 6.45) is 5.89. The molecule has 1 aliphatic rings. The Kier molecular flexibility index (Phi) is 7.19. The van der Waals surface area contributed by atoms with Gasteiger partial charge >= 0.3 is 0 Å². The molecule has 3 aromatic carbocycles. The molecule has 0 unspecified atom stereocenters. The molecular weight excluding hydrogens is 463 g/mol. The predicted molar refractivity (Wildman–Crippen MR) is 144 cm³/mol. The summed E-state index contributed by atoms with van der Waals surface area (Å²) in [7, 11) is 0. The van der Waals surface area contributed by atoms with Crippen LogP contribution in [0, 0.1) is 19.7 Å². The third kappa shape index (κ3) is 6.35. The van der Waals surface area contributed by atoms with Crippen LogP contribution in [0.5, 0.6) is 0 Å². The molecule has 186 valence electrons. The van der Waals surface area contributed by atoms with Crippen LogP contribution in [-0.4, -0.2) is 38.8 Å². The van der Waals surface area contributed by atoms with Crippen molar-refractivity contribution in [3.63, 3.8) is 0 Å². The molecule has 1 aromatic heterocycles. The van der Waals surface area contributed by atoms with E-state index in [9.17, 15) is 9.18 Å². The Morgan fingerprint density at radius 1 is 0.784 bits per heavy atom. The molecule has 2 heterocycles. The summed E-state index contributed by atoms with van der Waals surface area (Å²) < 4.78 is 15.0. The monoisotopic (exact) mass is 492 g/mol. The molecule has 0 spiro atoms. The minimum atomic E-state index is -0.258. The van der Waals surface area contributed by atoms with E-state index in [2.05, 4.69) is 53.3 Å². The van der Waals surface area contributed by atoms with E-state index in [0.717, 1.165) is 33.5 Å². The molecule has 0 radical (unpaired) electrons. The molecule has 0 aliphatic carbocycles. The Hall–Kier alpha value is -4.16. The zero-order valence-corrected chi connectivity index (χ0v) is 21.1. The first-order chi connectivity index (χ1) is 17.9. The van der Waals surface area contributed by atoms with Crippen molar-refractivity contribution in [3.8, 4) is 0 Å². The lowest BCUT2D eigenvalue weighted by Gasteiger charge is -2.29. The van der Waals surface area contributed by atoms with Crippen LogP contribution in [-0.2, 0) is 17.9 Å². The van der Waals surface area contributed by atoms with Gasteiger partial charge in [-0.3, -0.25) is 9.69 Å². The van der Waals surface area contributed by atoms with Crippen LogP contribution in [0.3, 0.4) is 0 Å². The summed E-state index contributed by atoms with van der Waals surface area (Å²) in [5.74, 6) is -0.177. The van der Waals surface area contributed by atoms with Gasteiger partial charge in [-0.15, -0.1) is 5.10 Å². The Bertz CT molecular complexity index is 1380. The highest BCUT2D eigenvalue weighted by Crippen LogP contribution is 2.24. The van der Waals surface area contributed by atoms with Crippen molar-refractivity contribution < 1.29 is 9.18 Å². The van der Waals surface area contributed by atoms with Gasteiger partial charge in [0.05, 0.1) is 18.4 Å². The number of benzene rings is 3. The Balaban J connectivity index is 1.38. The lowest BCUT2D eigenvalue weighted by Crippen LogP contribution is -2.37. The standard InChI is InChI=1S/C31H29FN4O/c1-22-3-7-24(8-4-22)15-27-18-35(19-28(31(27)37)16-25-9-5-23(2)6-10-25)20-30-21-36(34-33-30)17-26-11-13-29(32)14-12-26/h3-16,21H,17-20H2,1-2H3/b27-15+,28-16+. The second kappa shape index (κ2) is 10.8. The topological polar surface area (TPSA) is 51.0 Å². The number of Topliss-reactive ketones (excluding diaryl/α,β-unsaturated/α-hetero) is 1. The smallest absolute Gasteiger partial charge is 0.187 e. The SMILES string of the molecule is Cc1ccc(/C=C2\CN(Cc3cn(Cc4ccc(F)cc4)nn3)C/C(=C\c3ccc(C)cc3)C2=O)cc1. The molecule has 0 amide bonds. The van der Waals surface area contributed by atoms with E-state index >= 15 is 0 Å². The summed E-state index contributed by atoms with van der Waals surface area (Å²) in [6, 6.07) is 22.8. The number of aromatic nitrogens is 3. The van der Waals surface area contributed by atoms with Crippen LogP contribution in [0.15, 0.2) is 90.1 Å². The zero-order chi connectivity index (χ0) is 25.8. The first kappa shape index (κ1) is 24.5. The molecule has 6 heteroatoms. The molecule has 5 nitrogen and oxygen atoms in total. The predicted octanol–water partition coefficient (Wildman–Crippen LogP) is 5.63. The summed E-state index contributed by atoms with van der Waals surface area (Å²) >= 11 is 0. The van der Waals surface area contributed by atoms with E-state index in [4.69, 9.17) is 0 Å². The van der Waals surface area contributed by atoms with Gasteiger partial charge in [-0.2, -0.15) is 0 Å². The van der Waals surface area contributed by atoms with Crippen LogP contribution >= 0.6 is 0 Å². The Morgan fingerprint density at radius 3 is 1.86 bits per heavy atom. The molecule has 4 aromatic rings. The lowest BCUT2D eigenvalue weighted by molar-refractivity contribution is -0.113. The molecule has 0 saturated carbocycles. The quantitative estimate of drug-likeness (QED) is 0.327. The second-order valence-corrected chi connectivity index (χ2v) is 9.67. The average molecular weight is 493 g/mol. The van der Waals surface area contributed by atoms with E-state index in [1.165, 1.54) is 23.3 Å². The molecule has 37 heavy (non-hydrogen) atoms. The van der Waals surface area contributed by atoms with Gasteiger partial charge in [0, 0.05) is 30.8 Å². The van der Waals surface area contributed by atoms with Crippen molar-refractivity contribution >= 4 is 17.9 Å². The van der Waals surface area contributed by atoms with Crippen molar-refractivity contribution in [2.45, 2.75) is 26.9 Å². The van der Waals surface area contributed by atoms with Gasteiger partial charge in [-0.1, -0.05) is 77.0 Å². The normalized spacial score (nSPS) is 16.6. The van der Waals surface area contributed by atoms with Gasteiger partial charge in [-0.25, -0.2) is 9.07 Å². The fraction of sp³-hybridized carbons (Fsp3) is 0.194. The maximum atomic E-state index is 13.5. The average Bonchev–Trinajstić information content (AvgIpc) is 3.32. The molecule has 0 atom stereocenters. The van der Waals surface area contributed by atoms with Crippen molar-refractivity contribution in [2.75, 3.05) is 13.1 Å². The number of hydrogen-bond acceptors (Lipinski definition) is 4. The van der Waals surface area contributed by atoms with Crippen molar-refractivity contribution in [1.29, 1.82) is 0 Å². The fourth-order valence-corrected chi connectivity index (χ4v) is 4.44. The number of piperidine rings is 1. The maximum Gasteiger partial charge on any atom is 0.187 e. The number of carbonyl (C=O) groups is 1. The van der Waals surface area contributed by atoms with Crippen molar-refractivity contribution in [3.05, 3.63) is 129 Å². The van der Waals surface area contributed by atoms with Crippen LogP contribution < -0.4 is 0 Å². The van der Waals surface area contributed by atoms with E-state index in [0.29, 0.717) is 26.2 Å². The zero-order valence-electron chi connectivity index (χ0n) is 21.1. The number of carbonyl (C=O) groups excluding carboxylic acids is 1. The first-order valence-corrected chi connectivity index (χ1v) is 12.4. The Labute approximate surface area is 216 Å². The fourth-order valence-electron chi connectivity index (χ4n) is 4.44. The number of aryl methyl sites for hydroxylation is 2. The molecular formula is C31H29FN4O. The van der Waals surface area contributed by atoms with E-state index in [1.807, 2.05) is 42.6 Å². The minimum Gasteiger partial charge on any atom is -0.289 e. The minimum absolute atomic E-state index is 0.0809. The third-order valence-corrected chi connectivity index (χ3v) is 6.44. The summed E-state index contributed by atoms with van der Waals surface area (Å²) in [4.78, 5) is 15.7. The van der Waals surface area contributed by atoms with E-state index < -0.39 is 0 Å². The number of nitrogens with zero attached hydrogens (tertiary/aromatic N) is 4. The summed E-state index contributed by atoms with van der Waals surface area (Å²) in [5.41, 5.74) is 7.67. The largest absolute Gasteiger partial charge is 0.289 e. The van der Waals surface area contributed by atoms with Crippen LogP contribution in [0.1, 0.15) is 33.5 Å². The highest BCUT2D eigenvalue weighted by molar-refractivity contribution is 6.14. The highest BCUT2D eigenvalue weighted by Gasteiger charge is 2.26. The molecule has 1 aliphatic heterocycles. The van der Waals surface area contributed by atoms with Crippen molar-refractivity contribution in [1.82, 2.24) is 19.9 Å². The highest BCUT2D eigenvalue weighted by atomic mass is 19.1. The van der Waals surface area contributed by atoms with Gasteiger partial charge < -0.3 is 0 Å². The molecule has 1 fully saturated rings. The Morgan fingerprint density at radius 2 is 1.32 bits per heavy atom. The summed E-state index contributed by atoms with van der Waals surface area (Å²) in [6.45, 7) is 6.24. The van der Waals surface area contributed by atoms with E-state index in [1.54, 1.807) is 16.8 Å². The molecule has 1 saturated heterocycles. The van der Waals surface area contributed by atoms with Gasteiger partial charge in [0.1, 0.15) is 5.82 Å². The van der Waals surface area contributed by atoms with Crippen LogP contribution in [0.2, 0.25) is 0 Å². The lowest BCUT2D eigenvalue weighted by atomic mass is 9.94. The third-order valence-electron chi connectivity index (χ3n) is 6.44. The number of halogens is 1. The molecule has 0 N–H and O–H groups in total. The van der Waals surface area contributed by atoms with Crippen LogP contribution in [0.4, 0.5) is 4.39 Å². The number of hydrogen-bond donors (Lipinski definition) is 0. The van der Waals surface area contributed by atoms with Crippen molar-refractivity contribution in [2.24, 2.45) is 0 Å². The number of ketones is 1. The van der Waals surface area contributed by atoms with Gasteiger partial charge in [0.2, 0.25) is 0 Å². The maximum absolute atomic E-state index is 13.5. The van der Waals surface area contributed by atoms with Gasteiger partial charge in [-0.05, 0) is 54.8 Å². The number of rotatable bonds is 6. The van der Waals surface area contributed by atoms with Gasteiger partial charge in [0.15, 0.2) is 5.78 Å². The first-order valence-electron chi connectivity index (χ1n) is 12.4. The second-order valence-electron chi connectivity index (χ2n) is 9.67. The van der Waals surface area contributed by atoms with Gasteiger partial charge in [0.25, 0.3) is 0 Å². The molecule has 0 bridgehead atoms. The molecule has 5 rings (SSSR count). The van der Waals surface area contributed by atoms with E-state index in [-0.39, 0.29) is 11.6 Å².